The Hall–Kier alpha value is -4.37. The maximum atomic E-state index is 14.8. The van der Waals surface area contributed by atoms with Crippen molar-refractivity contribution in [3.8, 4) is 0 Å². The lowest BCUT2D eigenvalue weighted by Crippen LogP contribution is -2.49. The number of H-pyrrole nitrogens is 1. The van der Waals surface area contributed by atoms with Crippen LogP contribution in [0.25, 0.3) is 10.8 Å². The molecule has 0 spiro atoms. The number of benzene rings is 3. The molecule has 2 amide bonds. The van der Waals surface area contributed by atoms with E-state index >= 15 is 0 Å². The lowest BCUT2D eigenvalue weighted by atomic mass is 9.96. The summed E-state index contributed by atoms with van der Waals surface area (Å²) in [4.78, 5) is 42.2. The molecule has 0 saturated carbocycles. The fourth-order valence-corrected chi connectivity index (χ4v) is 6.08. The molecule has 1 atom stereocenters. The molecule has 2 N–H and O–H groups in total. The van der Waals surface area contributed by atoms with Crippen molar-refractivity contribution in [1.29, 1.82) is 0 Å². The zero-order chi connectivity index (χ0) is 32.6. The number of fused-ring (bicyclic) bond motifs is 1. The van der Waals surface area contributed by atoms with Crippen LogP contribution in [-0.2, 0) is 17.6 Å². The van der Waals surface area contributed by atoms with Crippen LogP contribution in [0.3, 0.4) is 0 Å². The van der Waals surface area contributed by atoms with E-state index in [-0.39, 0.29) is 28.9 Å². The van der Waals surface area contributed by atoms with Crippen molar-refractivity contribution >= 4 is 22.6 Å². The third-order valence-electron chi connectivity index (χ3n) is 8.78. The van der Waals surface area contributed by atoms with Crippen molar-refractivity contribution in [3.05, 3.63) is 111 Å². The zero-order valence-electron chi connectivity index (χ0n) is 27.0. The van der Waals surface area contributed by atoms with Crippen LogP contribution in [0.1, 0.15) is 72.3 Å². The third kappa shape index (κ3) is 8.26. The van der Waals surface area contributed by atoms with Gasteiger partial charge in [-0.25, -0.2) is 9.49 Å². The van der Waals surface area contributed by atoms with E-state index in [2.05, 4.69) is 58.5 Å². The quantitative estimate of drug-likeness (QED) is 0.208. The normalized spacial score (nSPS) is 14.5. The number of carbonyl (C=O) groups is 2. The van der Waals surface area contributed by atoms with E-state index in [0.717, 1.165) is 55.4 Å². The van der Waals surface area contributed by atoms with E-state index < -0.39 is 5.82 Å². The predicted molar refractivity (Wildman–Crippen MR) is 180 cm³/mol. The number of aromatic nitrogens is 2. The van der Waals surface area contributed by atoms with E-state index in [9.17, 15) is 18.8 Å². The number of halogens is 1. The van der Waals surface area contributed by atoms with Crippen LogP contribution in [0.2, 0.25) is 0 Å². The van der Waals surface area contributed by atoms with Crippen molar-refractivity contribution in [1.82, 2.24) is 25.3 Å². The largest absolute Gasteiger partial charge is 0.356 e. The van der Waals surface area contributed by atoms with E-state index in [1.54, 1.807) is 29.2 Å². The monoisotopic (exact) mass is 625 g/mol. The van der Waals surface area contributed by atoms with Gasteiger partial charge in [0.15, 0.2) is 0 Å². The first-order valence-corrected chi connectivity index (χ1v) is 16.3. The Morgan fingerprint density at radius 1 is 0.913 bits per heavy atom. The standard InChI is InChI=1S/C37H44FN5O3/c1-25(2)22-27-10-13-29(14-11-27)26(3)35(44)39-16-6-7-17-42-18-20-43(21-19-42)37(46)32-23-28(12-15-33(32)38)24-34-30-8-4-5-9-31(30)36(45)41-40-34/h4-5,8-15,23,25-26H,6-7,16-22,24H2,1-3H3,(H,39,44)(H,41,45)/t26-/m0/s1. The lowest BCUT2D eigenvalue weighted by Gasteiger charge is -2.35. The Morgan fingerprint density at radius 2 is 1.61 bits per heavy atom. The molecule has 0 unspecified atom stereocenters. The van der Waals surface area contributed by atoms with Gasteiger partial charge in [0.25, 0.3) is 11.5 Å². The number of nitrogens with one attached hydrogen (secondary N) is 2. The Labute approximate surface area is 270 Å². The van der Waals surface area contributed by atoms with Crippen LogP contribution in [0, 0.1) is 11.7 Å². The fraction of sp³-hybridized carbons (Fsp3) is 0.405. The molecular weight excluding hydrogens is 581 g/mol. The average molecular weight is 626 g/mol. The first-order valence-electron chi connectivity index (χ1n) is 16.3. The highest BCUT2D eigenvalue weighted by Gasteiger charge is 2.24. The molecule has 2 heterocycles. The summed E-state index contributed by atoms with van der Waals surface area (Å²) in [5, 5.41) is 11.1. The molecule has 1 aliphatic rings. The first kappa shape index (κ1) is 33.0. The van der Waals surface area contributed by atoms with Gasteiger partial charge in [0, 0.05) is 44.5 Å². The molecular formula is C37H44FN5O3. The molecule has 242 valence electrons. The average Bonchev–Trinajstić information content (AvgIpc) is 3.06. The van der Waals surface area contributed by atoms with Gasteiger partial charge in [-0.05, 0) is 73.5 Å². The Kier molecular flexibility index (Phi) is 11.0. The van der Waals surface area contributed by atoms with Crippen molar-refractivity contribution in [3.63, 3.8) is 0 Å². The van der Waals surface area contributed by atoms with Crippen molar-refractivity contribution in [2.24, 2.45) is 5.92 Å². The highest BCUT2D eigenvalue weighted by atomic mass is 19.1. The topological polar surface area (TPSA) is 98.4 Å². The minimum atomic E-state index is -0.546. The molecule has 0 radical (unpaired) electrons. The molecule has 1 saturated heterocycles. The Bertz CT molecular complexity index is 1710. The number of amides is 2. The smallest absolute Gasteiger partial charge is 0.272 e. The van der Waals surface area contributed by atoms with Crippen molar-refractivity contribution in [2.45, 2.75) is 52.4 Å². The summed E-state index contributed by atoms with van der Waals surface area (Å²) in [6, 6.07) is 20.2. The molecule has 1 aromatic heterocycles. The predicted octanol–water partition coefficient (Wildman–Crippen LogP) is 5.31. The number of carbonyl (C=O) groups excluding carboxylic acids is 2. The van der Waals surface area contributed by atoms with E-state index in [1.807, 2.05) is 19.1 Å². The third-order valence-corrected chi connectivity index (χ3v) is 8.78. The summed E-state index contributed by atoms with van der Waals surface area (Å²) >= 11 is 0. The first-order chi connectivity index (χ1) is 22.2. The van der Waals surface area contributed by atoms with E-state index in [1.165, 1.54) is 11.6 Å². The second-order valence-corrected chi connectivity index (χ2v) is 12.7. The summed E-state index contributed by atoms with van der Waals surface area (Å²) in [5.41, 5.74) is 3.52. The number of aromatic amines is 1. The van der Waals surface area contributed by atoms with Crippen molar-refractivity contribution in [2.75, 3.05) is 39.3 Å². The van der Waals surface area contributed by atoms with Gasteiger partial charge >= 0.3 is 0 Å². The lowest BCUT2D eigenvalue weighted by molar-refractivity contribution is -0.122. The zero-order valence-corrected chi connectivity index (χ0v) is 27.0. The molecule has 9 heteroatoms. The maximum Gasteiger partial charge on any atom is 0.272 e. The summed E-state index contributed by atoms with van der Waals surface area (Å²) in [5.74, 6) is -0.403. The summed E-state index contributed by atoms with van der Waals surface area (Å²) in [6.07, 6.45) is 3.21. The molecule has 3 aromatic carbocycles. The van der Waals surface area contributed by atoms with Crippen LogP contribution >= 0.6 is 0 Å². The molecule has 0 bridgehead atoms. The highest BCUT2D eigenvalue weighted by molar-refractivity contribution is 5.95. The van der Waals surface area contributed by atoms with Gasteiger partial charge in [-0.1, -0.05) is 62.4 Å². The Balaban J connectivity index is 1.05. The SMILES string of the molecule is CC(C)Cc1ccc([C@H](C)C(=O)NCCCCN2CCN(C(=O)c3cc(Cc4n[nH]c(=O)c5ccccc45)ccc3F)CC2)cc1. The van der Waals surface area contributed by atoms with E-state index in [4.69, 9.17) is 0 Å². The second-order valence-electron chi connectivity index (χ2n) is 12.7. The maximum absolute atomic E-state index is 14.8. The number of hydrogen-bond donors (Lipinski definition) is 2. The fourth-order valence-electron chi connectivity index (χ4n) is 6.08. The highest BCUT2D eigenvalue weighted by Crippen LogP contribution is 2.21. The van der Waals surface area contributed by atoms with Crippen LogP contribution in [-0.4, -0.2) is 71.1 Å². The van der Waals surface area contributed by atoms with Crippen LogP contribution in [0.4, 0.5) is 4.39 Å². The molecule has 4 aromatic rings. The number of piperazine rings is 1. The van der Waals surface area contributed by atoms with Crippen LogP contribution in [0.15, 0.2) is 71.5 Å². The minimum Gasteiger partial charge on any atom is -0.356 e. The van der Waals surface area contributed by atoms with Gasteiger partial charge in [-0.3, -0.25) is 19.3 Å². The molecule has 8 nitrogen and oxygen atoms in total. The number of unbranched alkanes of at least 4 members (excludes halogenated alkanes) is 1. The Morgan fingerprint density at radius 3 is 2.33 bits per heavy atom. The molecule has 5 rings (SSSR count). The summed E-state index contributed by atoms with van der Waals surface area (Å²) in [6.45, 7) is 10.4. The molecule has 0 aliphatic carbocycles. The van der Waals surface area contributed by atoms with Gasteiger partial charge in [0.1, 0.15) is 5.82 Å². The van der Waals surface area contributed by atoms with Crippen LogP contribution < -0.4 is 10.9 Å². The molecule has 1 fully saturated rings. The molecule has 1 aliphatic heterocycles. The van der Waals surface area contributed by atoms with Gasteiger partial charge in [-0.2, -0.15) is 5.10 Å². The number of rotatable bonds is 12. The summed E-state index contributed by atoms with van der Waals surface area (Å²) in [7, 11) is 0. The van der Waals surface area contributed by atoms with Gasteiger partial charge in [0.2, 0.25) is 5.91 Å². The van der Waals surface area contributed by atoms with E-state index in [0.29, 0.717) is 43.1 Å². The minimum absolute atomic E-state index is 0.0448. The summed E-state index contributed by atoms with van der Waals surface area (Å²) < 4.78 is 14.8. The number of nitrogens with zero attached hydrogens (tertiary/aromatic N) is 3. The second kappa shape index (κ2) is 15.3. The molecule has 46 heavy (non-hydrogen) atoms. The van der Waals surface area contributed by atoms with Gasteiger partial charge in [0.05, 0.1) is 22.6 Å². The number of hydrogen-bond acceptors (Lipinski definition) is 5. The van der Waals surface area contributed by atoms with Crippen molar-refractivity contribution < 1.29 is 14.0 Å². The van der Waals surface area contributed by atoms with Gasteiger partial charge in [-0.15, -0.1) is 0 Å². The van der Waals surface area contributed by atoms with Crippen LogP contribution in [0.5, 0.6) is 0 Å². The van der Waals surface area contributed by atoms with Gasteiger partial charge < -0.3 is 10.2 Å².